The fourth-order valence-electron chi connectivity index (χ4n) is 4.42. The van der Waals surface area contributed by atoms with Crippen molar-refractivity contribution >= 4 is 23.3 Å². The predicted molar refractivity (Wildman–Crippen MR) is 155 cm³/mol. The molecule has 13 heteroatoms. The van der Waals surface area contributed by atoms with Gasteiger partial charge in [-0.25, -0.2) is 9.79 Å². The molecule has 1 aliphatic heterocycles. The molecule has 43 heavy (non-hydrogen) atoms. The van der Waals surface area contributed by atoms with Crippen LogP contribution in [0.3, 0.4) is 0 Å². The average Bonchev–Trinajstić information content (AvgIpc) is 3.00. The summed E-state index contributed by atoms with van der Waals surface area (Å²) in [7, 11) is 1.13. The van der Waals surface area contributed by atoms with E-state index in [-0.39, 0.29) is 54.1 Å². The van der Waals surface area contributed by atoms with Crippen LogP contribution in [0.5, 0.6) is 11.5 Å². The minimum atomic E-state index is -1.31. The molecule has 1 aliphatic rings. The Morgan fingerprint density at radius 3 is 2.42 bits per heavy atom. The minimum Gasteiger partial charge on any atom is -0.491 e. The third kappa shape index (κ3) is 8.84. The number of benzene rings is 2. The van der Waals surface area contributed by atoms with Crippen molar-refractivity contribution in [2.75, 3.05) is 33.5 Å². The summed E-state index contributed by atoms with van der Waals surface area (Å²) < 4.78 is 21.6. The number of nitrogens with zero attached hydrogens (tertiary/aromatic N) is 3. The molecular formula is C30H34N4O9. The summed E-state index contributed by atoms with van der Waals surface area (Å²) in [6.45, 7) is 5.83. The van der Waals surface area contributed by atoms with Crippen molar-refractivity contribution in [1.29, 1.82) is 5.26 Å². The molecule has 0 bridgehead atoms. The van der Waals surface area contributed by atoms with Crippen LogP contribution >= 0.6 is 0 Å². The number of allylic oxidation sites excluding steroid dienone is 1. The highest BCUT2D eigenvalue weighted by Crippen LogP contribution is 2.41. The van der Waals surface area contributed by atoms with Gasteiger partial charge in [0.2, 0.25) is 0 Å². The van der Waals surface area contributed by atoms with Gasteiger partial charge in [-0.3, -0.25) is 14.9 Å². The third-order valence-corrected chi connectivity index (χ3v) is 6.46. The van der Waals surface area contributed by atoms with Crippen LogP contribution < -0.4 is 14.8 Å². The van der Waals surface area contributed by atoms with E-state index in [1.54, 1.807) is 24.3 Å². The number of nitrogens with one attached hydrogen (secondary N) is 1. The second kappa shape index (κ2) is 15.4. The molecule has 2 aromatic carbocycles. The van der Waals surface area contributed by atoms with Crippen LogP contribution in [-0.2, 0) is 19.1 Å². The van der Waals surface area contributed by atoms with Gasteiger partial charge in [-0.05, 0) is 36.8 Å². The molecule has 3 unspecified atom stereocenters. The molecule has 0 aromatic heterocycles. The number of aliphatic imine (C=N–C) groups is 1. The van der Waals surface area contributed by atoms with Crippen LogP contribution in [0.2, 0.25) is 0 Å². The van der Waals surface area contributed by atoms with E-state index in [4.69, 9.17) is 18.9 Å². The Kier molecular flexibility index (Phi) is 11.7. The van der Waals surface area contributed by atoms with Crippen molar-refractivity contribution in [2.24, 2.45) is 10.9 Å². The fraction of sp³-hybridized carbons (Fsp3) is 0.400. The summed E-state index contributed by atoms with van der Waals surface area (Å²) in [4.78, 5) is 41.1. The Balaban J connectivity index is 1.67. The van der Waals surface area contributed by atoms with E-state index >= 15 is 0 Å². The first-order valence-electron chi connectivity index (χ1n) is 13.5. The van der Waals surface area contributed by atoms with Gasteiger partial charge in [0.05, 0.1) is 17.6 Å². The molecule has 2 aromatic rings. The van der Waals surface area contributed by atoms with Gasteiger partial charge in [0.1, 0.15) is 55.1 Å². The fourth-order valence-corrected chi connectivity index (χ4v) is 4.42. The standard InChI is InChI=1S/C30H34N4O9/c1-18(2)32-16-22(35)17-43-24-10-8-23(9-11-24)41-12-13-42-30(37)26-19(3)33-25(15-31)28(29(36)40-4)27(26)20-6-5-7-21(14-20)34(38)39/h5-11,14,18,22,27-28,32,35H,12-13,16-17H2,1-4H3. The van der Waals surface area contributed by atoms with E-state index in [1.165, 1.54) is 31.2 Å². The van der Waals surface area contributed by atoms with Crippen molar-refractivity contribution < 1.29 is 38.6 Å². The lowest BCUT2D eigenvalue weighted by Crippen LogP contribution is -2.37. The van der Waals surface area contributed by atoms with Crippen molar-refractivity contribution in [3.63, 3.8) is 0 Å². The Morgan fingerprint density at radius 1 is 1.14 bits per heavy atom. The summed E-state index contributed by atoms with van der Waals surface area (Å²) in [5.74, 6) is -3.03. The van der Waals surface area contributed by atoms with Gasteiger partial charge in [0, 0.05) is 36.3 Å². The van der Waals surface area contributed by atoms with Gasteiger partial charge in [0.25, 0.3) is 5.69 Å². The summed E-state index contributed by atoms with van der Waals surface area (Å²) in [5.41, 5.74) is -0.0747. The SMILES string of the molecule is COC(=O)C1C(C#N)=NC(C)=C(C(=O)OCCOc2ccc(OCC(O)CNC(C)C)cc2)C1c1cccc([N+](=O)[O-])c1. The molecule has 0 aliphatic carbocycles. The molecule has 228 valence electrons. The number of aliphatic hydroxyl groups is 1. The topological polar surface area (TPSA) is 183 Å². The molecular weight excluding hydrogens is 560 g/mol. The quantitative estimate of drug-likeness (QED) is 0.142. The van der Waals surface area contributed by atoms with Crippen LogP contribution in [0.25, 0.3) is 0 Å². The molecule has 3 atom stereocenters. The maximum absolute atomic E-state index is 13.3. The Hall–Kier alpha value is -4.80. The second-order valence-electron chi connectivity index (χ2n) is 9.92. The monoisotopic (exact) mass is 594 g/mol. The minimum absolute atomic E-state index is 0.00746. The average molecular weight is 595 g/mol. The van der Waals surface area contributed by atoms with Crippen LogP contribution in [0.4, 0.5) is 5.69 Å². The number of carbonyl (C=O) groups is 2. The maximum Gasteiger partial charge on any atom is 0.336 e. The molecule has 0 spiro atoms. The van der Waals surface area contributed by atoms with E-state index in [1.807, 2.05) is 19.9 Å². The number of methoxy groups -OCH3 is 1. The van der Waals surface area contributed by atoms with Gasteiger partial charge >= 0.3 is 11.9 Å². The largest absolute Gasteiger partial charge is 0.491 e. The van der Waals surface area contributed by atoms with E-state index in [2.05, 4.69) is 10.3 Å². The molecule has 2 N–H and O–H groups in total. The summed E-state index contributed by atoms with van der Waals surface area (Å²) >= 11 is 0. The third-order valence-electron chi connectivity index (χ3n) is 6.46. The lowest BCUT2D eigenvalue weighted by Gasteiger charge is -2.30. The maximum atomic E-state index is 13.3. The number of carbonyl (C=O) groups excluding carboxylic acids is 2. The molecule has 1 heterocycles. The van der Waals surface area contributed by atoms with Gasteiger partial charge in [-0.1, -0.05) is 26.0 Å². The molecule has 0 saturated carbocycles. The van der Waals surface area contributed by atoms with Gasteiger partial charge < -0.3 is 29.4 Å². The molecule has 13 nitrogen and oxygen atoms in total. The highest BCUT2D eigenvalue weighted by molar-refractivity contribution is 6.14. The zero-order valence-electron chi connectivity index (χ0n) is 24.3. The second-order valence-corrected chi connectivity index (χ2v) is 9.92. The van der Waals surface area contributed by atoms with E-state index in [9.17, 15) is 30.1 Å². The zero-order chi connectivity index (χ0) is 31.5. The lowest BCUT2D eigenvalue weighted by atomic mass is 9.75. The number of esters is 2. The number of non-ortho nitro benzene ring substituents is 1. The summed E-state index contributed by atoms with van der Waals surface area (Å²) in [6.07, 6.45) is -0.660. The highest BCUT2D eigenvalue weighted by Gasteiger charge is 2.44. The molecule has 0 radical (unpaired) electrons. The first-order valence-corrected chi connectivity index (χ1v) is 13.5. The smallest absolute Gasteiger partial charge is 0.336 e. The zero-order valence-corrected chi connectivity index (χ0v) is 24.3. The van der Waals surface area contributed by atoms with Crippen LogP contribution in [0.15, 0.2) is 64.8 Å². The Bertz CT molecular complexity index is 1410. The number of nitro groups is 1. The van der Waals surface area contributed by atoms with Crippen LogP contribution in [-0.4, -0.2) is 73.3 Å². The van der Waals surface area contributed by atoms with Crippen molar-refractivity contribution in [3.05, 3.63) is 75.5 Å². The van der Waals surface area contributed by atoms with Gasteiger partial charge in [0.15, 0.2) is 0 Å². The Labute approximate surface area is 248 Å². The predicted octanol–water partition coefficient (Wildman–Crippen LogP) is 3.08. The Morgan fingerprint density at radius 2 is 1.81 bits per heavy atom. The first-order chi connectivity index (χ1) is 20.5. The number of nitro benzene ring substituents is 1. The van der Waals surface area contributed by atoms with Crippen LogP contribution in [0.1, 0.15) is 32.3 Å². The molecule has 3 rings (SSSR count). The molecule has 0 fully saturated rings. The van der Waals surface area contributed by atoms with Crippen molar-refractivity contribution in [2.45, 2.75) is 38.8 Å². The summed E-state index contributed by atoms with van der Waals surface area (Å²) in [6, 6.07) is 14.3. The highest BCUT2D eigenvalue weighted by atomic mass is 16.6. The molecule has 0 amide bonds. The van der Waals surface area contributed by atoms with Gasteiger partial charge in [-0.15, -0.1) is 0 Å². The lowest BCUT2D eigenvalue weighted by molar-refractivity contribution is -0.384. The number of rotatable bonds is 14. The first kappa shape index (κ1) is 32.7. The number of hydrogen-bond acceptors (Lipinski definition) is 12. The summed E-state index contributed by atoms with van der Waals surface area (Å²) in [5, 5.41) is 34.2. The number of nitriles is 1. The van der Waals surface area contributed by atoms with Crippen molar-refractivity contribution in [1.82, 2.24) is 5.32 Å². The normalized spacial score (nSPS) is 17.0. The number of hydrogen-bond donors (Lipinski definition) is 2. The van der Waals surface area contributed by atoms with Crippen molar-refractivity contribution in [3.8, 4) is 17.6 Å². The number of ether oxygens (including phenoxy) is 4. The van der Waals surface area contributed by atoms with E-state index in [0.717, 1.165) is 7.11 Å². The molecule has 0 saturated heterocycles. The van der Waals surface area contributed by atoms with E-state index < -0.39 is 34.8 Å². The van der Waals surface area contributed by atoms with Crippen LogP contribution in [0, 0.1) is 27.4 Å². The van der Waals surface area contributed by atoms with Gasteiger partial charge in [-0.2, -0.15) is 5.26 Å². The number of aliphatic hydroxyl groups excluding tert-OH is 1. The van der Waals surface area contributed by atoms with E-state index in [0.29, 0.717) is 18.0 Å².